The Balaban J connectivity index is 1.95. The zero-order chi connectivity index (χ0) is 14.2. The lowest BCUT2D eigenvalue weighted by molar-refractivity contribution is 0.395. The van der Waals surface area contributed by atoms with Crippen LogP contribution in [0.3, 0.4) is 0 Å². The summed E-state index contributed by atoms with van der Waals surface area (Å²) in [5, 5.41) is 0.163. The van der Waals surface area contributed by atoms with E-state index in [9.17, 15) is 8.42 Å². The molecule has 106 valence electrons. The third-order valence-corrected chi connectivity index (χ3v) is 5.56. The normalized spacial score (nSPS) is 20.4. The van der Waals surface area contributed by atoms with Crippen molar-refractivity contribution in [2.45, 2.75) is 30.8 Å². The van der Waals surface area contributed by atoms with Gasteiger partial charge in [0.1, 0.15) is 0 Å². The van der Waals surface area contributed by atoms with Crippen LogP contribution in [-0.4, -0.2) is 29.2 Å². The molecule has 3 rings (SSSR count). The lowest BCUT2D eigenvalue weighted by Crippen LogP contribution is -2.30. The molecule has 0 saturated carbocycles. The van der Waals surface area contributed by atoms with Crippen molar-refractivity contribution in [1.29, 1.82) is 0 Å². The maximum Gasteiger partial charge on any atom is 0.260 e. The summed E-state index contributed by atoms with van der Waals surface area (Å²) in [5.41, 5.74) is 2.23. The summed E-state index contributed by atoms with van der Waals surface area (Å²) in [6, 6.07) is 7.99. The molecule has 1 aliphatic heterocycles. The van der Waals surface area contributed by atoms with Crippen LogP contribution < -0.4 is 0 Å². The van der Waals surface area contributed by atoms with Gasteiger partial charge in [-0.25, -0.2) is 13.4 Å². The van der Waals surface area contributed by atoms with E-state index >= 15 is 0 Å². The molecule has 0 radical (unpaired) electrons. The average molecular weight is 291 g/mol. The summed E-state index contributed by atoms with van der Waals surface area (Å²) in [6.07, 6.45) is 4.49. The number of hydrogen-bond acceptors (Lipinski definition) is 3. The molecule has 0 bridgehead atoms. The lowest BCUT2D eigenvalue weighted by atomic mass is 10.0. The van der Waals surface area contributed by atoms with Crippen LogP contribution in [0.15, 0.2) is 41.8 Å². The molecule has 2 aromatic rings. The predicted molar refractivity (Wildman–Crippen MR) is 75.6 cm³/mol. The van der Waals surface area contributed by atoms with Crippen LogP contribution in [-0.2, 0) is 10.0 Å². The largest absolute Gasteiger partial charge is 0.335 e. The topological polar surface area (TPSA) is 66.1 Å². The fourth-order valence-corrected chi connectivity index (χ4v) is 4.24. The number of rotatable bonds is 3. The molecular formula is C14H17N3O2S. The predicted octanol–water partition coefficient (Wildman–Crippen LogP) is 2.24. The van der Waals surface area contributed by atoms with E-state index in [1.54, 1.807) is 4.31 Å². The Morgan fingerprint density at radius 3 is 2.70 bits per heavy atom. The van der Waals surface area contributed by atoms with E-state index in [0.29, 0.717) is 6.54 Å². The molecule has 1 fully saturated rings. The minimum absolute atomic E-state index is 0.0797. The number of benzene rings is 1. The Kier molecular flexibility index (Phi) is 3.35. The van der Waals surface area contributed by atoms with Crippen LogP contribution in [0.4, 0.5) is 0 Å². The molecule has 1 unspecified atom stereocenters. The number of H-pyrrole nitrogens is 1. The highest BCUT2D eigenvalue weighted by molar-refractivity contribution is 7.89. The molecule has 1 N–H and O–H groups in total. The minimum Gasteiger partial charge on any atom is -0.335 e. The fourth-order valence-electron chi connectivity index (χ4n) is 2.66. The molecule has 1 saturated heterocycles. The van der Waals surface area contributed by atoms with Crippen molar-refractivity contribution < 1.29 is 8.42 Å². The number of imidazole rings is 1. The molecule has 20 heavy (non-hydrogen) atoms. The number of aromatic nitrogens is 2. The molecule has 0 spiro atoms. The third-order valence-electron chi connectivity index (χ3n) is 3.73. The second-order valence-electron chi connectivity index (χ2n) is 5.10. The van der Waals surface area contributed by atoms with Crippen LogP contribution in [0, 0.1) is 6.92 Å². The molecule has 1 atom stereocenters. The Morgan fingerprint density at radius 1 is 1.30 bits per heavy atom. The van der Waals surface area contributed by atoms with Crippen LogP contribution in [0.25, 0.3) is 0 Å². The smallest absolute Gasteiger partial charge is 0.260 e. The SMILES string of the molecule is Cc1ccc(C2CCCN2S(=O)(=O)c2cnc[nH]2)cc1. The lowest BCUT2D eigenvalue weighted by Gasteiger charge is -2.23. The number of aromatic amines is 1. The van der Waals surface area contributed by atoms with E-state index in [1.807, 2.05) is 31.2 Å². The molecule has 1 aromatic carbocycles. The van der Waals surface area contributed by atoms with Crippen LogP contribution in [0.1, 0.15) is 30.0 Å². The summed E-state index contributed by atoms with van der Waals surface area (Å²) in [4.78, 5) is 6.50. The highest BCUT2D eigenvalue weighted by Crippen LogP contribution is 2.35. The zero-order valence-corrected chi connectivity index (χ0v) is 12.1. The van der Waals surface area contributed by atoms with E-state index in [0.717, 1.165) is 18.4 Å². The van der Waals surface area contributed by atoms with Crippen molar-refractivity contribution in [3.63, 3.8) is 0 Å². The van der Waals surface area contributed by atoms with E-state index in [2.05, 4.69) is 9.97 Å². The van der Waals surface area contributed by atoms with Gasteiger partial charge in [-0.15, -0.1) is 0 Å². The van der Waals surface area contributed by atoms with Crippen molar-refractivity contribution in [3.05, 3.63) is 47.9 Å². The number of aryl methyl sites for hydroxylation is 1. The average Bonchev–Trinajstić information content (AvgIpc) is 3.11. The maximum atomic E-state index is 12.6. The van der Waals surface area contributed by atoms with Gasteiger partial charge in [-0.2, -0.15) is 4.31 Å². The van der Waals surface area contributed by atoms with Gasteiger partial charge in [0, 0.05) is 6.54 Å². The van der Waals surface area contributed by atoms with E-state index in [1.165, 1.54) is 18.1 Å². The summed E-state index contributed by atoms with van der Waals surface area (Å²) in [5.74, 6) is 0. The zero-order valence-electron chi connectivity index (χ0n) is 11.3. The molecule has 1 aliphatic rings. The number of sulfonamides is 1. The molecule has 2 heterocycles. The van der Waals surface area contributed by atoms with Crippen LogP contribution >= 0.6 is 0 Å². The van der Waals surface area contributed by atoms with Gasteiger partial charge in [0.15, 0.2) is 5.03 Å². The van der Waals surface area contributed by atoms with Gasteiger partial charge in [-0.05, 0) is 25.3 Å². The van der Waals surface area contributed by atoms with Crippen LogP contribution in [0.2, 0.25) is 0 Å². The Hall–Kier alpha value is -1.66. The van der Waals surface area contributed by atoms with Crippen molar-refractivity contribution in [2.24, 2.45) is 0 Å². The molecule has 5 nitrogen and oxygen atoms in total. The molecule has 1 aromatic heterocycles. The van der Waals surface area contributed by atoms with E-state index in [-0.39, 0.29) is 11.1 Å². The number of nitrogens with one attached hydrogen (secondary N) is 1. The van der Waals surface area contributed by atoms with E-state index < -0.39 is 10.0 Å². The van der Waals surface area contributed by atoms with Gasteiger partial charge < -0.3 is 4.98 Å². The molecule has 0 amide bonds. The van der Waals surface area contributed by atoms with Crippen molar-refractivity contribution in [1.82, 2.24) is 14.3 Å². The second-order valence-corrected chi connectivity index (χ2v) is 6.96. The maximum absolute atomic E-state index is 12.6. The molecular weight excluding hydrogens is 274 g/mol. The molecule has 0 aliphatic carbocycles. The monoisotopic (exact) mass is 291 g/mol. The first-order valence-corrected chi connectivity index (χ1v) is 8.10. The van der Waals surface area contributed by atoms with Crippen LogP contribution in [0.5, 0.6) is 0 Å². The Bertz CT molecular complexity index is 678. The van der Waals surface area contributed by atoms with E-state index in [4.69, 9.17) is 0 Å². The minimum atomic E-state index is -3.49. The van der Waals surface area contributed by atoms with Gasteiger partial charge in [-0.3, -0.25) is 0 Å². The number of hydrogen-bond donors (Lipinski definition) is 1. The Morgan fingerprint density at radius 2 is 2.05 bits per heavy atom. The fraction of sp³-hybridized carbons (Fsp3) is 0.357. The first kappa shape index (κ1) is 13.3. The first-order valence-electron chi connectivity index (χ1n) is 6.66. The Labute approximate surface area is 118 Å². The highest BCUT2D eigenvalue weighted by atomic mass is 32.2. The van der Waals surface area contributed by atoms with Crippen molar-refractivity contribution in [3.8, 4) is 0 Å². The van der Waals surface area contributed by atoms with Crippen molar-refractivity contribution >= 4 is 10.0 Å². The third kappa shape index (κ3) is 2.25. The van der Waals surface area contributed by atoms with Gasteiger partial charge in [0.2, 0.25) is 0 Å². The summed E-state index contributed by atoms with van der Waals surface area (Å²) >= 11 is 0. The summed E-state index contributed by atoms with van der Waals surface area (Å²) in [7, 11) is -3.49. The van der Waals surface area contributed by atoms with Gasteiger partial charge in [0.25, 0.3) is 10.0 Å². The highest BCUT2D eigenvalue weighted by Gasteiger charge is 2.36. The summed E-state index contributed by atoms with van der Waals surface area (Å²) in [6.45, 7) is 2.58. The van der Waals surface area contributed by atoms with Gasteiger partial charge >= 0.3 is 0 Å². The van der Waals surface area contributed by atoms with Crippen molar-refractivity contribution in [2.75, 3.05) is 6.54 Å². The van der Waals surface area contributed by atoms with Gasteiger partial charge in [0.05, 0.1) is 18.6 Å². The quantitative estimate of drug-likeness (QED) is 0.943. The van der Waals surface area contributed by atoms with Gasteiger partial charge in [-0.1, -0.05) is 29.8 Å². The molecule has 6 heteroatoms. The second kappa shape index (κ2) is 5.03. The summed E-state index contributed by atoms with van der Waals surface area (Å²) < 4.78 is 26.8. The standard InChI is InChI=1S/C14H17N3O2S/c1-11-4-6-12(7-5-11)13-3-2-8-17(13)20(18,19)14-9-15-10-16-14/h4-7,9-10,13H,2-3,8H2,1H3,(H,15,16). The number of nitrogens with zero attached hydrogens (tertiary/aromatic N) is 2. The first-order chi connectivity index (χ1) is 9.59.